The van der Waals surface area contributed by atoms with Gasteiger partial charge in [-0.25, -0.2) is 4.79 Å². The number of phenolic OH excluding ortho intramolecular Hbond substituents is 1. The van der Waals surface area contributed by atoms with Crippen LogP contribution in [0.5, 0.6) is 5.75 Å². The Balaban J connectivity index is 0.985. The minimum Gasteiger partial charge on any atom is -0.508 e. The van der Waals surface area contributed by atoms with E-state index in [0.29, 0.717) is 35.7 Å². The number of hydrogen-bond acceptors (Lipinski definition) is 11. The van der Waals surface area contributed by atoms with Crippen LogP contribution in [0.25, 0.3) is 5.76 Å². The van der Waals surface area contributed by atoms with Crippen molar-refractivity contribution in [2.45, 2.75) is 142 Å². The second-order valence-corrected chi connectivity index (χ2v) is 21.7. The number of nitrogens with one attached hydrogen (secondary N) is 1. The molecule has 7 aliphatic carbocycles. The fraction of sp³-hybridized carbons (Fsp3) is 0.680. The molecule has 0 spiro atoms. The Morgan fingerprint density at radius 1 is 1.00 bits per heavy atom. The van der Waals surface area contributed by atoms with E-state index in [1.165, 1.54) is 75.6 Å². The monoisotopic (exact) mass is 871 g/mol. The normalized spacial score (nSPS) is 38.8. The van der Waals surface area contributed by atoms with Gasteiger partial charge in [0, 0.05) is 17.9 Å². The number of benzene rings is 1. The molecule has 7 unspecified atom stereocenters. The van der Waals surface area contributed by atoms with E-state index < -0.39 is 87.5 Å². The number of likely N-dealkylation sites (N-methyl/N-ethyl adjacent to an activating group) is 1. The molecule has 1 aromatic rings. The third kappa shape index (κ3) is 6.79. The first-order valence-electron chi connectivity index (χ1n) is 23.4. The number of aromatic hydroxyl groups is 1. The molecule has 14 atom stereocenters. The number of allylic oxidation sites excluding steroid dienone is 1. The third-order valence-corrected chi connectivity index (χ3v) is 17.9. The molecular weight excluding hydrogens is 803 g/mol. The molecule has 0 aliphatic heterocycles. The summed E-state index contributed by atoms with van der Waals surface area (Å²) in [7, 11) is 2.92. The number of primary amides is 1. The average Bonchev–Trinajstić information content (AvgIpc) is 3.57. The van der Waals surface area contributed by atoms with Gasteiger partial charge in [-0.15, -0.1) is 0 Å². The summed E-state index contributed by atoms with van der Waals surface area (Å²) in [5.41, 5.74) is 2.78. The van der Waals surface area contributed by atoms with Crippen LogP contribution in [-0.4, -0.2) is 91.9 Å². The van der Waals surface area contributed by atoms with Crippen molar-refractivity contribution in [3.63, 3.8) is 0 Å². The van der Waals surface area contributed by atoms with Crippen molar-refractivity contribution in [1.29, 1.82) is 0 Å². The van der Waals surface area contributed by atoms with Gasteiger partial charge in [-0.3, -0.25) is 24.6 Å². The number of ether oxygens (including phenoxy) is 1. The quantitative estimate of drug-likeness (QED) is 0.0734. The Hall–Kier alpha value is -4.20. The molecule has 63 heavy (non-hydrogen) atoms. The zero-order valence-corrected chi connectivity index (χ0v) is 38.2. The van der Waals surface area contributed by atoms with E-state index in [0.717, 1.165) is 36.5 Å². The van der Waals surface area contributed by atoms with E-state index in [-0.39, 0.29) is 22.8 Å². The van der Waals surface area contributed by atoms with Crippen molar-refractivity contribution in [3.05, 3.63) is 51.8 Å². The van der Waals surface area contributed by atoms with Gasteiger partial charge in [0.15, 0.2) is 11.4 Å². The molecule has 0 heterocycles. The van der Waals surface area contributed by atoms with E-state index in [1.807, 2.05) is 0 Å². The van der Waals surface area contributed by atoms with E-state index >= 15 is 0 Å². The van der Waals surface area contributed by atoms with Crippen LogP contribution in [-0.2, 0) is 19.1 Å². The summed E-state index contributed by atoms with van der Waals surface area (Å²) >= 11 is 0. The van der Waals surface area contributed by atoms with Gasteiger partial charge in [0.2, 0.25) is 5.78 Å². The molecule has 13 heteroatoms. The number of fused-ring (bicyclic) bond motifs is 8. The fourth-order valence-electron chi connectivity index (χ4n) is 14.8. The lowest BCUT2D eigenvalue weighted by atomic mass is 9.47. The molecule has 1 aromatic carbocycles. The fourth-order valence-corrected chi connectivity index (χ4v) is 14.8. The first kappa shape index (κ1) is 45.4. The van der Waals surface area contributed by atoms with Crippen LogP contribution in [0, 0.1) is 58.2 Å². The Morgan fingerprint density at radius 3 is 2.38 bits per heavy atom. The van der Waals surface area contributed by atoms with E-state index in [4.69, 9.17) is 10.5 Å². The summed E-state index contributed by atoms with van der Waals surface area (Å²) in [6.45, 7) is 13.8. The van der Waals surface area contributed by atoms with Gasteiger partial charge in [-0.2, -0.15) is 0 Å². The minimum atomic E-state index is -3.02. The molecule has 0 radical (unpaired) electrons. The zero-order valence-electron chi connectivity index (χ0n) is 38.2. The lowest BCUT2D eigenvalue weighted by Crippen LogP contribution is -2.70. The number of anilines is 1. The van der Waals surface area contributed by atoms with E-state index in [1.54, 1.807) is 13.0 Å². The predicted molar refractivity (Wildman–Crippen MR) is 237 cm³/mol. The molecule has 8 rings (SSSR count). The molecule has 4 fully saturated rings. The summed E-state index contributed by atoms with van der Waals surface area (Å²) in [5.74, 6) is -5.55. The number of amides is 2. The molecule has 0 saturated heterocycles. The second-order valence-electron chi connectivity index (χ2n) is 21.7. The average molecular weight is 872 g/mol. The first-order chi connectivity index (χ1) is 29.6. The van der Waals surface area contributed by atoms with Gasteiger partial charge in [0.25, 0.3) is 5.91 Å². The van der Waals surface area contributed by atoms with Crippen LogP contribution < -0.4 is 11.1 Å². The Kier molecular flexibility index (Phi) is 11.6. The maximum absolute atomic E-state index is 14.4. The third-order valence-electron chi connectivity index (χ3n) is 17.9. The largest absolute Gasteiger partial charge is 0.508 e. The maximum Gasteiger partial charge on any atom is 0.412 e. The van der Waals surface area contributed by atoms with Crippen molar-refractivity contribution >= 4 is 35.0 Å². The van der Waals surface area contributed by atoms with Crippen LogP contribution in [0.15, 0.2) is 40.7 Å². The number of carbonyl (C=O) groups is 4. The van der Waals surface area contributed by atoms with Crippen LogP contribution in [0.1, 0.15) is 129 Å². The summed E-state index contributed by atoms with van der Waals surface area (Å²) < 4.78 is 6.01. The minimum absolute atomic E-state index is 0.0592. The molecule has 4 saturated carbocycles. The summed E-state index contributed by atoms with van der Waals surface area (Å²) in [4.78, 5) is 55.1. The van der Waals surface area contributed by atoms with Crippen LogP contribution >= 0.6 is 0 Å². The zero-order chi connectivity index (χ0) is 45.8. The highest BCUT2D eigenvalue weighted by molar-refractivity contribution is 6.24. The van der Waals surface area contributed by atoms with Gasteiger partial charge >= 0.3 is 6.09 Å². The van der Waals surface area contributed by atoms with Gasteiger partial charge < -0.3 is 36.0 Å². The second kappa shape index (κ2) is 16.0. The SMILES string of the molecule is CC(C)CCC[C@@H](C)[C@H]1CCC2C3CC=C4CC(OC(=O)Nc5ccc6c(c5O)C(O)=C5C(=O)[C@]7(O)C(O)=C(C(N)=O)C(=O)[C@@H](N(C)C)C7C(O)C5[C@H]6C)CC[C@]4(C)C3CC[C@@]21C. The summed E-state index contributed by atoms with van der Waals surface area (Å²) in [6.07, 6.45) is 12.1. The van der Waals surface area contributed by atoms with Crippen LogP contribution in [0.4, 0.5) is 10.5 Å². The Morgan fingerprint density at radius 2 is 1.71 bits per heavy atom. The summed E-state index contributed by atoms with van der Waals surface area (Å²) in [5, 5.41) is 61.2. The van der Waals surface area contributed by atoms with Crippen molar-refractivity contribution in [3.8, 4) is 5.75 Å². The van der Waals surface area contributed by atoms with Crippen molar-refractivity contribution in [2.75, 3.05) is 19.4 Å². The predicted octanol–water partition coefficient (Wildman–Crippen LogP) is 7.45. The van der Waals surface area contributed by atoms with Crippen molar-refractivity contribution < 1.29 is 49.4 Å². The maximum atomic E-state index is 14.4. The number of rotatable bonds is 9. The molecule has 7 aliphatic rings. The summed E-state index contributed by atoms with van der Waals surface area (Å²) in [6, 6.07) is 1.57. The highest BCUT2D eigenvalue weighted by Gasteiger charge is 2.68. The molecule has 0 bridgehead atoms. The van der Waals surface area contributed by atoms with Crippen LogP contribution in [0.2, 0.25) is 0 Å². The van der Waals surface area contributed by atoms with Gasteiger partial charge in [0.1, 0.15) is 28.9 Å². The lowest BCUT2D eigenvalue weighted by molar-refractivity contribution is -0.169. The van der Waals surface area contributed by atoms with Crippen molar-refractivity contribution in [1.82, 2.24) is 4.90 Å². The first-order valence-corrected chi connectivity index (χ1v) is 23.4. The molecule has 344 valence electrons. The highest BCUT2D eigenvalue weighted by atomic mass is 16.6. The molecular formula is C50H69N3O10. The van der Waals surface area contributed by atoms with E-state index in [9.17, 15) is 44.7 Å². The standard InChI is InChI=1S/C50H69N3O10/c1-23(2)10-9-11-24(3)30-15-16-31-29-13-12-26-22-27(18-20-48(26,5)32(29)19-21-49(30,31)6)63-47(61)52-33-17-14-28-25(4)34-36(41(55)35(28)40(33)54)44(58)50(62)38(42(34)56)39(53(7)8)43(57)37(45(50)59)46(51)60/h12,14,17,23-25,27,29-32,34,38-39,42,54-56,59,62H,9-11,13,15-16,18-22H2,1-8H3,(H2,51,60)(H,52,61)/t24-,25+,27?,29?,30-,31?,32?,34?,38?,39+,42?,48+,49-,50+/m1/s1. The molecule has 2 amide bonds. The van der Waals surface area contributed by atoms with Crippen molar-refractivity contribution in [2.24, 2.45) is 63.9 Å². The van der Waals surface area contributed by atoms with Gasteiger partial charge in [0.05, 0.1) is 29.3 Å². The lowest BCUT2D eigenvalue weighted by Gasteiger charge is -2.58. The Bertz CT molecular complexity index is 2190. The van der Waals surface area contributed by atoms with Gasteiger partial charge in [-0.05, 0) is 123 Å². The number of carbonyl (C=O) groups excluding carboxylic acids is 4. The smallest absolute Gasteiger partial charge is 0.412 e. The number of ketones is 2. The van der Waals surface area contributed by atoms with Crippen LogP contribution in [0.3, 0.4) is 0 Å². The highest BCUT2D eigenvalue weighted by Crippen LogP contribution is 2.67. The molecule has 13 nitrogen and oxygen atoms in total. The Labute approximate surface area is 371 Å². The number of aliphatic hydroxyl groups excluding tert-OH is 3. The number of nitrogens with two attached hydrogens (primary N) is 1. The topological polar surface area (TPSA) is 220 Å². The number of hydrogen-bond donors (Lipinski definition) is 7. The number of nitrogens with zero attached hydrogens (tertiary/aromatic N) is 1. The number of Topliss-reactive ketones (excluding diaryl/α,β-unsaturated/α-hetero) is 2. The number of phenols is 1. The van der Waals surface area contributed by atoms with Gasteiger partial charge in [-0.1, -0.05) is 78.5 Å². The molecule has 8 N–H and O–H groups in total. The van der Waals surface area contributed by atoms with E-state index in [2.05, 4.69) is 46.0 Å². The number of aliphatic hydroxyl groups is 4. The molecule has 0 aromatic heterocycles.